The third-order valence-electron chi connectivity index (χ3n) is 6.46. The number of amides is 2. The van der Waals surface area contributed by atoms with Crippen LogP contribution in [0.3, 0.4) is 0 Å². The number of halogens is 1. The van der Waals surface area contributed by atoms with Crippen molar-refractivity contribution in [2.45, 2.75) is 51.1 Å². The number of rotatable bonds is 13. The van der Waals surface area contributed by atoms with E-state index in [0.717, 1.165) is 21.5 Å². The number of carbonyl (C=O) groups is 2. The zero-order chi connectivity index (χ0) is 29.3. The summed E-state index contributed by atoms with van der Waals surface area (Å²) in [4.78, 5) is 28.4. The molecule has 0 aliphatic carbocycles. The third kappa shape index (κ3) is 7.38. The number of para-hydroxylation sites is 1. The van der Waals surface area contributed by atoms with Crippen molar-refractivity contribution in [3.05, 3.63) is 89.7 Å². The van der Waals surface area contributed by atoms with Crippen LogP contribution in [0.2, 0.25) is 0 Å². The number of anilines is 1. The second-order valence-electron chi connectivity index (χ2n) is 9.36. The van der Waals surface area contributed by atoms with Gasteiger partial charge in [-0.25, -0.2) is 12.8 Å². The topological polar surface area (TPSA) is 96.0 Å². The van der Waals surface area contributed by atoms with Crippen LogP contribution in [0.25, 0.3) is 0 Å². The minimum atomic E-state index is -4.34. The second-order valence-corrected chi connectivity index (χ2v) is 11.2. The van der Waals surface area contributed by atoms with Gasteiger partial charge in [-0.05, 0) is 61.7 Å². The fourth-order valence-corrected chi connectivity index (χ4v) is 5.64. The van der Waals surface area contributed by atoms with Crippen LogP contribution in [0.5, 0.6) is 5.75 Å². The molecule has 3 aromatic rings. The van der Waals surface area contributed by atoms with Gasteiger partial charge in [0.15, 0.2) is 0 Å². The van der Waals surface area contributed by atoms with Crippen LogP contribution >= 0.6 is 0 Å². The lowest BCUT2D eigenvalue weighted by molar-refractivity contribution is -0.140. The van der Waals surface area contributed by atoms with Crippen molar-refractivity contribution >= 4 is 27.5 Å². The van der Waals surface area contributed by atoms with Crippen molar-refractivity contribution in [1.82, 2.24) is 10.2 Å². The molecular weight excluding hydrogens is 533 g/mol. The van der Waals surface area contributed by atoms with E-state index in [-0.39, 0.29) is 23.0 Å². The van der Waals surface area contributed by atoms with Crippen LogP contribution in [0.4, 0.5) is 10.1 Å². The molecular formula is C30H36FN3O5S. The van der Waals surface area contributed by atoms with Crippen molar-refractivity contribution in [2.24, 2.45) is 0 Å². The Balaban J connectivity index is 2.05. The van der Waals surface area contributed by atoms with Crippen LogP contribution in [0, 0.1) is 12.7 Å². The van der Waals surface area contributed by atoms with E-state index >= 15 is 4.39 Å². The van der Waals surface area contributed by atoms with Crippen LogP contribution in [0.1, 0.15) is 37.8 Å². The SMILES string of the molecule is CCCNC(=O)[C@@H](CC)N(Cc1ccc(OC)cc1)C(=O)CN(c1ccccc1F)S(=O)(=O)c1ccc(C)cc1. The Morgan fingerprint density at radius 2 is 1.62 bits per heavy atom. The van der Waals surface area contributed by atoms with E-state index in [1.54, 1.807) is 50.4 Å². The average molecular weight is 570 g/mol. The minimum absolute atomic E-state index is 0.0383. The highest BCUT2D eigenvalue weighted by atomic mass is 32.2. The number of hydrogen-bond donors (Lipinski definition) is 1. The highest BCUT2D eigenvalue weighted by Gasteiger charge is 2.34. The Hall–Kier alpha value is -3.92. The summed E-state index contributed by atoms with van der Waals surface area (Å²) >= 11 is 0. The number of nitrogens with zero attached hydrogens (tertiary/aromatic N) is 2. The quantitative estimate of drug-likeness (QED) is 0.323. The van der Waals surface area contributed by atoms with Gasteiger partial charge in [0.2, 0.25) is 11.8 Å². The molecule has 0 heterocycles. The van der Waals surface area contributed by atoms with Gasteiger partial charge in [-0.15, -0.1) is 0 Å². The summed E-state index contributed by atoms with van der Waals surface area (Å²) in [5.41, 5.74) is 1.31. The van der Waals surface area contributed by atoms with Crippen LogP contribution in [-0.4, -0.2) is 51.4 Å². The van der Waals surface area contributed by atoms with Gasteiger partial charge in [0.25, 0.3) is 10.0 Å². The van der Waals surface area contributed by atoms with Gasteiger partial charge in [0.05, 0.1) is 17.7 Å². The molecule has 40 heavy (non-hydrogen) atoms. The normalized spacial score (nSPS) is 11.9. The van der Waals surface area contributed by atoms with E-state index in [2.05, 4.69) is 5.32 Å². The van der Waals surface area contributed by atoms with Gasteiger partial charge in [-0.3, -0.25) is 13.9 Å². The number of aryl methyl sites for hydroxylation is 1. The van der Waals surface area contributed by atoms with E-state index < -0.39 is 34.3 Å². The predicted octanol–water partition coefficient (Wildman–Crippen LogP) is 4.67. The average Bonchev–Trinajstić information content (AvgIpc) is 2.95. The first-order valence-electron chi connectivity index (χ1n) is 13.2. The molecule has 0 fully saturated rings. The summed E-state index contributed by atoms with van der Waals surface area (Å²) < 4.78 is 48.6. The lowest BCUT2D eigenvalue weighted by Gasteiger charge is -2.33. The van der Waals surface area contributed by atoms with Crippen LogP contribution in [-0.2, 0) is 26.2 Å². The van der Waals surface area contributed by atoms with Gasteiger partial charge in [-0.1, -0.05) is 55.8 Å². The van der Waals surface area contributed by atoms with Gasteiger partial charge in [-0.2, -0.15) is 0 Å². The lowest BCUT2D eigenvalue weighted by Crippen LogP contribution is -2.52. The van der Waals surface area contributed by atoms with E-state index in [1.807, 2.05) is 13.8 Å². The van der Waals surface area contributed by atoms with Gasteiger partial charge >= 0.3 is 0 Å². The van der Waals surface area contributed by atoms with Crippen molar-refractivity contribution in [3.8, 4) is 5.75 Å². The molecule has 0 bridgehead atoms. The van der Waals surface area contributed by atoms with Crippen LogP contribution in [0.15, 0.2) is 77.7 Å². The van der Waals surface area contributed by atoms with Crippen molar-refractivity contribution < 1.29 is 27.1 Å². The van der Waals surface area contributed by atoms with Crippen molar-refractivity contribution in [1.29, 1.82) is 0 Å². The summed E-state index contributed by atoms with van der Waals surface area (Å²) in [6, 6.07) is 17.7. The molecule has 1 N–H and O–H groups in total. The first kappa shape index (κ1) is 30.6. The number of methoxy groups -OCH3 is 1. The summed E-state index contributed by atoms with van der Waals surface area (Å²) in [7, 11) is -2.80. The molecule has 214 valence electrons. The zero-order valence-electron chi connectivity index (χ0n) is 23.3. The Kier molecular flexibility index (Phi) is 10.7. The fourth-order valence-electron chi connectivity index (χ4n) is 4.22. The molecule has 0 saturated heterocycles. The lowest BCUT2D eigenvalue weighted by atomic mass is 10.1. The van der Waals surface area contributed by atoms with Gasteiger partial charge < -0.3 is 15.0 Å². The Bertz CT molecular complexity index is 1400. The molecule has 0 saturated carbocycles. The number of ether oxygens (including phenoxy) is 1. The van der Waals surface area contributed by atoms with E-state index in [4.69, 9.17) is 4.74 Å². The summed E-state index contributed by atoms with van der Waals surface area (Å²) in [5, 5.41) is 2.83. The number of hydrogen-bond acceptors (Lipinski definition) is 5. The number of sulfonamides is 1. The third-order valence-corrected chi connectivity index (χ3v) is 8.23. The summed E-state index contributed by atoms with van der Waals surface area (Å²) in [6.45, 7) is 5.29. The Labute approximate surface area is 235 Å². The monoisotopic (exact) mass is 569 g/mol. The largest absolute Gasteiger partial charge is 0.497 e. The maximum Gasteiger partial charge on any atom is 0.264 e. The second kappa shape index (κ2) is 13.9. The number of nitrogens with one attached hydrogen (secondary N) is 1. The van der Waals surface area contributed by atoms with E-state index in [1.165, 1.54) is 35.2 Å². The molecule has 3 rings (SSSR count). The van der Waals surface area contributed by atoms with Crippen molar-refractivity contribution in [2.75, 3.05) is 24.5 Å². The highest BCUT2D eigenvalue weighted by molar-refractivity contribution is 7.92. The molecule has 0 spiro atoms. The molecule has 0 aliphatic heterocycles. The van der Waals surface area contributed by atoms with Gasteiger partial charge in [0.1, 0.15) is 24.2 Å². The Morgan fingerprint density at radius 1 is 0.975 bits per heavy atom. The molecule has 10 heteroatoms. The first-order valence-corrected chi connectivity index (χ1v) is 14.6. The first-order chi connectivity index (χ1) is 19.1. The Morgan fingerprint density at radius 3 is 2.20 bits per heavy atom. The fraction of sp³-hybridized carbons (Fsp3) is 0.333. The molecule has 8 nitrogen and oxygen atoms in total. The van der Waals surface area contributed by atoms with Crippen molar-refractivity contribution in [3.63, 3.8) is 0 Å². The molecule has 0 unspecified atom stereocenters. The molecule has 0 aliphatic rings. The number of carbonyl (C=O) groups excluding carboxylic acids is 2. The summed E-state index contributed by atoms with van der Waals surface area (Å²) in [5.74, 6) is -1.15. The zero-order valence-corrected chi connectivity index (χ0v) is 24.1. The van der Waals surface area contributed by atoms with Crippen LogP contribution < -0.4 is 14.4 Å². The maximum absolute atomic E-state index is 15.0. The smallest absolute Gasteiger partial charge is 0.264 e. The number of benzene rings is 3. The molecule has 2 amide bonds. The maximum atomic E-state index is 15.0. The standard InChI is InChI=1S/C30H36FN3O5S/c1-5-19-32-30(36)27(6-2)33(20-23-13-15-24(39-4)16-14-23)29(35)21-34(28-10-8-7-9-26(28)31)40(37,38)25-17-11-22(3)12-18-25/h7-18,27H,5-6,19-21H2,1-4H3,(H,32,36)/t27-/m1/s1. The highest BCUT2D eigenvalue weighted by Crippen LogP contribution is 2.27. The summed E-state index contributed by atoms with van der Waals surface area (Å²) in [6.07, 6.45) is 1.01. The molecule has 3 aromatic carbocycles. The van der Waals surface area contributed by atoms with E-state index in [0.29, 0.717) is 25.1 Å². The van der Waals surface area contributed by atoms with Gasteiger partial charge in [0, 0.05) is 13.1 Å². The molecule has 1 atom stereocenters. The predicted molar refractivity (Wildman–Crippen MR) is 153 cm³/mol. The molecule has 0 aromatic heterocycles. The minimum Gasteiger partial charge on any atom is -0.497 e. The molecule has 0 radical (unpaired) electrons. The van der Waals surface area contributed by atoms with E-state index in [9.17, 15) is 18.0 Å².